The van der Waals surface area contributed by atoms with Crippen LogP contribution in [0.2, 0.25) is 0 Å². The van der Waals surface area contributed by atoms with E-state index in [1.54, 1.807) is 0 Å². The van der Waals surface area contributed by atoms with E-state index in [2.05, 4.69) is 41.8 Å². The van der Waals surface area contributed by atoms with Crippen molar-refractivity contribution in [3.05, 3.63) is 35.1 Å². The van der Waals surface area contributed by atoms with Crippen molar-refractivity contribution in [2.24, 2.45) is 0 Å². The first-order chi connectivity index (χ1) is 11.6. The van der Waals surface area contributed by atoms with E-state index in [-0.39, 0.29) is 0 Å². The van der Waals surface area contributed by atoms with Crippen LogP contribution in [-0.4, -0.2) is 41.4 Å². The lowest BCUT2D eigenvalue weighted by atomic mass is 10.0. The number of likely N-dealkylation sites (tertiary alicyclic amines) is 2. The highest BCUT2D eigenvalue weighted by Crippen LogP contribution is 2.29. The van der Waals surface area contributed by atoms with E-state index in [1.165, 1.54) is 16.5 Å². The second-order valence-electron chi connectivity index (χ2n) is 7.35. The zero-order valence-electron chi connectivity index (χ0n) is 14.7. The molecule has 4 rings (SSSR count). The highest BCUT2D eigenvalue weighted by molar-refractivity contribution is 5.82. The van der Waals surface area contributed by atoms with E-state index < -0.39 is 0 Å². The smallest absolute Gasteiger partial charge is 0.222 e. The molecule has 0 N–H and O–H groups in total. The van der Waals surface area contributed by atoms with Gasteiger partial charge in [0.2, 0.25) is 5.91 Å². The summed E-state index contributed by atoms with van der Waals surface area (Å²) < 4.78 is 6.09. The van der Waals surface area contributed by atoms with Gasteiger partial charge in [-0.15, -0.1) is 0 Å². The van der Waals surface area contributed by atoms with Crippen molar-refractivity contribution in [2.45, 2.75) is 52.1 Å². The summed E-state index contributed by atoms with van der Waals surface area (Å²) in [6, 6.07) is 6.85. The minimum absolute atomic E-state index is 0.358. The fraction of sp³-hybridized carbons (Fsp3) is 0.550. The van der Waals surface area contributed by atoms with E-state index in [0.717, 1.165) is 63.2 Å². The number of benzene rings is 1. The first-order valence-corrected chi connectivity index (χ1v) is 9.12. The highest BCUT2D eigenvalue weighted by atomic mass is 16.3. The van der Waals surface area contributed by atoms with Crippen LogP contribution in [0.15, 0.2) is 22.6 Å². The van der Waals surface area contributed by atoms with E-state index >= 15 is 0 Å². The Morgan fingerprint density at radius 1 is 1.17 bits per heavy atom. The molecule has 2 aromatic rings. The third kappa shape index (κ3) is 2.84. The number of piperidine rings is 1. The molecule has 2 aliphatic heterocycles. The van der Waals surface area contributed by atoms with Crippen molar-refractivity contribution < 1.29 is 9.21 Å². The molecule has 4 heteroatoms. The van der Waals surface area contributed by atoms with Crippen molar-refractivity contribution in [3.63, 3.8) is 0 Å². The zero-order valence-corrected chi connectivity index (χ0v) is 14.7. The molecule has 2 fully saturated rings. The van der Waals surface area contributed by atoms with Gasteiger partial charge < -0.3 is 9.32 Å². The van der Waals surface area contributed by atoms with Crippen molar-refractivity contribution in [1.29, 1.82) is 0 Å². The van der Waals surface area contributed by atoms with Crippen LogP contribution in [0.5, 0.6) is 0 Å². The van der Waals surface area contributed by atoms with Crippen LogP contribution in [-0.2, 0) is 11.3 Å². The lowest BCUT2D eigenvalue weighted by Crippen LogP contribution is -2.45. The molecule has 1 aromatic carbocycles. The number of rotatable bonds is 3. The summed E-state index contributed by atoms with van der Waals surface area (Å²) in [6.45, 7) is 8.21. The minimum atomic E-state index is 0.358. The summed E-state index contributed by atoms with van der Waals surface area (Å²) in [5.74, 6) is 1.45. The fourth-order valence-electron chi connectivity index (χ4n) is 4.18. The monoisotopic (exact) mass is 326 g/mol. The number of amides is 1. The van der Waals surface area contributed by atoms with Crippen LogP contribution >= 0.6 is 0 Å². The number of aryl methyl sites for hydroxylation is 2. The predicted octanol–water partition coefficient (Wildman–Crippen LogP) is 3.64. The maximum absolute atomic E-state index is 11.9. The summed E-state index contributed by atoms with van der Waals surface area (Å²) in [5, 5.41) is 1.24. The van der Waals surface area contributed by atoms with Crippen LogP contribution in [0, 0.1) is 13.8 Å². The average Bonchev–Trinajstić information content (AvgIpc) is 3.13. The zero-order chi connectivity index (χ0) is 16.7. The maximum Gasteiger partial charge on any atom is 0.222 e. The Bertz CT molecular complexity index is 756. The number of fused-ring (bicyclic) bond motifs is 1. The number of hydrogen-bond donors (Lipinski definition) is 0. The molecule has 1 amide bonds. The Labute approximate surface area is 143 Å². The SMILES string of the molecule is Cc1ccc2oc(CN3CCC(N4CCCC4=O)CC3)c(C)c2c1. The molecule has 128 valence electrons. The second-order valence-corrected chi connectivity index (χ2v) is 7.35. The third-order valence-corrected chi connectivity index (χ3v) is 5.67. The predicted molar refractivity (Wildman–Crippen MR) is 94.9 cm³/mol. The number of furan rings is 1. The molecule has 0 radical (unpaired) electrons. The van der Waals surface area contributed by atoms with E-state index in [9.17, 15) is 4.79 Å². The number of hydrogen-bond acceptors (Lipinski definition) is 3. The summed E-state index contributed by atoms with van der Waals surface area (Å²) in [4.78, 5) is 16.5. The molecular formula is C20H26N2O2. The fourth-order valence-corrected chi connectivity index (χ4v) is 4.18. The van der Waals surface area contributed by atoms with Gasteiger partial charge in [-0.3, -0.25) is 9.69 Å². The number of carbonyl (C=O) groups is 1. The van der Waals surface area contributed by atoms with Crippen molar-refractivity contribution in [3.8, 4) is 0 Å². The van der Waals surface area contributed by atoms with Gasteiger partial charge in [-0.1, -0.05) is 11.6 Å². The molecule has 3 heterocycles. The lowest BCUT2D eigenvalue weighted by molar-refractivity contribution is -0.130. The lowest BCUT2D eigenvalue weighted by Gasteiger charge is -2.36. The van der Waals surface area contributed by atoms with Gasteiger partial charge in [-0.2, -0.15) is 0 Å². The molecule has 2 aliphatic rings. The highest BCUT2D eigenvalue weighted by Gasteiger charge is 2.31. The Morgan fingerprint density at radius 2 is 1.96 bits per heavy atom. The Kier molecular flexibility index (Phi) is 4.09. The van der Waals surface area contributed by atoms with E-state index in [1.807, 2.05) is 0 Å². The molecule has 0 spiro atoms. The van der Waals surface area contributed by atoms with Crippen LogP contribution in [0.25, 0.3) is 11.0 Å². The van der Waals surface area contributed by atoms with Crippen LogP contribution in [0.4, 0.5) is 0 Å². The number of nitrogens with zero attached hydrogens (tertiary/aromatic N) is 2. The standard InChI is InChI=1S/C20H26N2O2/c1-14-5-6-18-17(12-14)15(2)19(24-18)13-21-10-7-16(8-11-21)22-9-3-4-20(22)23/h5-6,12,16H,3-4,7-11,13H2,1-2H3. The minimum Gasteiger partial charge on any atom is -0.459 e. The van der Waals surface area contributed by atoms with Crippen LogP contribution in [0.3, 0.4) is 0 Å². The molecule has 0 saturated carbocycles. The van der Waals surface area contributed by atoms with Gasteiger partial charge in [0.1, 0.15) is 11.3 Å². The van der Waals surface area contributed by atoms with Crippen LogP contribution < -0.4 is 0 Å². The van der Waals surface area contributed by atoms with E-state index in [0.29, 0.717) is 11.9 Å². The molecule has 0 atom stereocenters. The Hall–Kier alpha value is -1.81. The van der Waals surface area contributed by atoms with Gasteiger partial charge in [0.25, 0.3) is 0 Å². The molecule has 0 aliphatic carbocycles. The van der Waals surface area contributed by atoms with Gasteiger partial charge in [-0.05, 0) is 50.8 Å². The normalized spacial score (nSPS) is 20.4. The molecule has 1 aromatic heterocycles. The van der Waals surface area contributed by atoms with Gasteiger partial charge in [0, 0.05) is 37.5 Å². The molecule has 2 saturated heterocycles. The van der Waals surface area contributed by atoms with E-state index in [4.69, 9.17) is 4.42 Å². The second kappa shape index (κ2) is 6.25. The van der Waals surface area contributed by atoms with Crippen LogP contribution in [0.1, 0.15) is 42.6 Å². The quantitative estimate of drug-likeness (QED) is 0.864. The van der Waals surface area contributed by atoms with Gasteiger partial charge >= 0.3 is 0 Å². The summed E-state index contributed by atoms with van der Waals surface area (Å²) in [6.07, 6.45) is 3.96. The maximum atomic E-state index is 11.9. The molecular weight excluding hydrogens is 300 g/mol. The third-order valence-electron chi connectivity index (χ3n) is 5.67. The molecule has 0 unspecified atom stereocenters. The topological polar surface area (TPSA) is 36.7 Å². The summed E-state index contributed by atoms with van der Waals surface area (Å²) in [5.41, 5.74) is 3.53. The van der Waals surface area contributed by atoms with Gasteiger partial charge in [0.05, 0.1) is 6.54 Å². The molecule has 4 nitrogen and oxygen atoms in total. The number of carbonyl (C=O) groups excluding carboxylic acids is 1. The summed E-state index contributed by atoms with van der Waals surface area (Å²) in [7, 11) is 0. The first kappa shape index (κ1) is 15.7. The van der Waals surface area contributed by atoms with Gasteiger partial charge in [-0.25, -0.2) is 0 Å². The average molecular weight is 326 g/mol. The van der Waals surface area contributed by atoms with Crippen molar-refractivity contribution >= 4 is 16.9 Å². The molecule has 24 heavy (non-hydrogen) atoms. The summed E-state index contributed by atoms with van der Waals surface area (Å²) >= 11 is 0. The Morgan fingerprint density at radius 3 is 2.67 bits per heavy atom. The largest absolute Gasteiger partial charge is 0.459 e. The van der Waals surface area contributed by atoms with Crippen molar-refractivity contribution in [1.82, 2.24) is 9.80 Å². The first-order valence-electron chi connectivity index (χ1n) is 9.12. The Balaban J connectivity index is 1.42. The molecule has 0 bridgehead atoms. The van der Waals surface area contributed by atoms with Crippen molar-refractivity contribution in [2.75, 3.05) is 19.6 Å². The van der Waals surface area contributed by atoms with Gasteiger partial charge in [0.15, 0.2) is 0 Å².